The molecule has 36 heavy (non-hydrogen) atoms. The normalized spacial score (nSPS) is 12.4. The molecule has 1 aromatic carbocycles. The number of tetrazole rings is 1. The van der Waals surface area contributed by atoms with Gasteiger partial charge in [0.15, 0.2) is 11.8 Å². The first-order valence-corrected chi connectivity index (χ1v) is 11.6. The lowest BCUT2D eigenvalue weighted by atomic mass is 10.0. The molecule has 10 nitrogen and oxygen atoms in total. The lowest BCUT2D eigenvalue weighted by molar-refractivity contribution is -0.128. The van der Waals surface area contributed by atoms with Gasteiger partial charge in [0.1, 0.15) is 18.1 Å². The van der Waals surface area contributed by atoms with Gasteiger partial charge < -0.3 is 14.2 Å². The topological polar surface area (TPSA) is 119 Å². The molecule has 0 saturated carbocycles. The van der Waals surface area contributed by atoms with Crippen LogP contribution < -0.4 is 10.2 Å². The fourth-order valence-corrected chi connectivity index (χ4v) is 3.83. The maximum absolute atomic E-state index is 13.9. The highest BCUT2D eigenvalue weighted by Gasteiger charge is 2.37. The Bertz CT molecular complexity index is 1360. The molecule has 4 rings (SSSR count). The zero-order valence-corrected chi connectivity index (χ0v) is 21.3. The van der Waals surface area contributed by atoms with Gasteiger partial charge in [0.2, 0.25) is 5.82 Å². The van der Waals surface area contributed by atoms with Crippen molar-refractivity contribution in [3.63, 3.8) is 0 Å². The summed E-state index contributed by atoms with van der Waals surface area (Å²) in [6, 6.07) is 11.5. The van der Waals surface area contributed by atoms with Crippen LogP contribution in [-0.2, 0) is 16.1 Å². The van der Waals surface area contributed by atoms with Gasteiger partial charge in [-0.1, -0.05) is 12.1 Å². The Labute approximate surface area is 209 Å². The summed E-state index contributed by atoms with van der Waals surface area (Å²) in [7, 11) is 0. The number of hydrogen-bond acceptors (Lipinski definition) is 7. The third kappa shape index (κ3) is 5.37. The summed E-state index contributed by atoms with van der Waals surface area (Å²) in [6.45, 7) is 11.1. The summed E-state index contributed by atoms with van der Waals surface area (Å²) < 4.78 is 11.2. The van der Waals surface area contributed by atoms with Crippen LogP contribution in [0.2, 0.25) is 0 Å². The molecule has 188 valence electrons. The average Bonchev–Trinajstić information content (AvgIpc) is 3.55. The number of carbonyl (C=O) groups is 2. The Morgan fingerprint density at radius 2 is 1.86 bits per heavy atom. The Balaban J connectivity index is 1.75. The molecule has 0 radical (unpaired) electrons. The van der Waals surface area contributed by atoms with Gasteiger partial charge in [0.05, 0.1) is 6.26 Å². The number of anilines is 1. The molecule has 10 heteroatoms. The fraction of sp³-hybridized carbons (Fsp3) is 0.346. The number of aryl methyl sites for hydroxylation is 2. The number of rotatable bonds is 7. The molecule has 3 heterocycles. The average molecular weight is 491 g/mol. The Hall–Kier alpha value is -4.21. The Kier molecular flexibility index (Phi) is 6.78. The first-order valence-electron chi connectivity index (χ1n) is 11.6. The first-order chi connectivity index (χ1) is 17.0. The van der Waals surface area contributed by atoms with Crippen LogP contribution in [0.25, 0.3) is 11.6 Å². The van der Waals surface area contributed by atoms with E-state index >= 15 is 0 Å². The van der Waals surface area contributed by atoms with Crippen LogP contribution in [0, 0.1) is 20.8 Å². The van der Waals surface area contributed by atoms with Crippen molar-refractivity contribution in [1.29, 1.82) is 0 Å². The number of hydrogen-bond donors (Lipinski definition) is 1. The standard InChI is InChI=1S/C26H30N6O4/c1-16-9-7-10-19(18(16)3)32(23(20-11-8-14-35-20)25(34)27-26(4,5)6)22(33)15-31-29-24(28-30-31)21-13-12-17(2)36-21/h7-14,23H,15H2,1-6H3,(H,27,34)/t23-/m0/s1. The summed E-state index contributed by atoms with van der Waals surface area (Å²) in [6.07, 6.45) is 1.48. The van der Waals surface area contributed by atoms with E-state index in [1.807, 2.05) is 59.7 Å². The van der Waals surface area contributed by atoms with Crippen molar-refractivity contribution in [3.8, 4) is 11.6 Å². The van der Waals surface area contributed by atoms with Crippen molar-refractivity contribution in [2.45, 2.75) is 59.7 Å². The molecule has 0 saturated heterocycles. The van der Waals surface area contributed by atoms with Gasteiger partial charge in [-0.3, -0.25) is 14.5 Å². The summed E-state index contributed by atoms with van der Waals surface area (Å²) in [4.78, 5) is 30.1. The quantitative estimate of drug-likeness (QED) is 0.413. The maximum atomic E-state index is 13.9. The second kappa shape index (κ2) is 9.80. The molecule has 2 amide bonds. The van der Waals surface area contributed by atoms with Crippen molar-refractivity contribution in [2.24, 2.45) is 0 Å². The van der Waals surface area contributed by atoms with E-state index in [1.165, 1.54) is 16.0 Å². The highest BCUT2D eigenvalue weighted by Crippen LogP contribution is 2.32. The molecule has 0 spiro atoms. The zero-order chi connectivity index (χ0) is 26.0. The number of amides is 2. The molecular weight excluding hydrogens is 460 g/mol. The van der Waals surface area contributed by atoms with Crippen molar-refractivity contribution < 1.29 is 18.4 Å². The fourth-order valence-electron chi connectivity index (χ4n) is 3.83. The summed E-state index contributed by atoms with van der Waals surface area (Å²) in [5.41, 5.74) is 1.91. The number of carbonyl (C=O) groups excluding carboxylic acids is 2. The number of aromatic nitrogens is 4. The third-order valence-corrected chi connectivity index (χ3v) is 5.61. The number of furan rings is 2. The van der Waals surface area contributed by atoms with E-state index in [-0.39, 0.29) is 18.3 Å². The van der Waals surface area contributed by atoms with Crippen LogP contribution in [0.5, 0.6) is 0 Å². The molecule has 0 aliphatic heterocycles. The predicted molar refractivity (Wildman–Crippen MR) is 133 cm³/mol. The van der Waals surface area contributed by atoms with Crippen molar-refractivity contribution in [3.05, 3.63) is 71.4 Å². The van der Waals surface area contributed by atoms with Gasteiger partial charge >= 0.3 is 0 Å². The van der Waals surface area contributed by atoms with Gasteiger partial charge in [-0.2, -0.15) is 4.80 Å². The van der Waals surface area contributed by atoms with Crippen LogP contribution in [0.4, 0.5) is 5.69 Å². The lowest BCUT2D eigenvalue weighted by Crippen LogP contribution is -2.50. The van der Waals surface area contributed by atoms with Gasteiger partial charge in [-0.05, 0) is 88.2 Å². The molecular formula is C26H30N6O4. The first kappa shape index (κ1) is 24.9. The van der Waals surface area contributed by atoms with Gasteiger partial charge in [-0.15, -0.1) is 10.2 Å². The Morgan fingerprint density at radius 3 is 2.50 bits per heavy atom. The largest absolute Gasteiger partial charge is 0.467 e. The van der Waals surface area contributed by atoms with Crippen LogP contribution >= 0.6 is 0 Å². The number of nitrogens with zero attached hydrogens (tertiary/aromatic N) is 5. The lowest BCUT2D eigenvalue weighted by Gasteiger charge is -2.33. The SMILES string of the molecule is Cc1ccc(-c2nnn(CC(=O)N(c3cccc(C)c3C)[C@H](C(=O)NC(C)(C)C)c3ccco3)n2)o1. The number of benzene rings is 1. The molecule has 0 aliphatic rings. The van der Waals surface area contributed by atoms with Crippen molar-refractivity contribution >= 4 is 17.5 Å². The van der Waals surface area contributed by atoms with Crippen molar-refractivity contribution in [1.82, 2.24) is 25.5 Å². The highest BCUT2D eigenvalue weighted by atomic mass is 16.3. The van der Waals surface area contributed by atoms with E-state index in [0.29, 0.717) is 23.0 Å². The van der Waals surface area contributed by atoms with E-state index in [2.05, 4.69) is 20.7 Å². The summed E-state index contributed by atoms with van der Waals surface area (Å²) >= 11 is 0. The Morgan fingerprint density at radius 1 is 1.08 bits per heavy atom. The minimum Gasteiger partial charge on any atom is -0.467 e. The summed E-state index contributed by atoms with van der Waals surface area (Å²) in [5.74, 6) is 0.991. The molecule has 0 bridgehead atoms. The van der Waals surface area contributed by atoms with Gasteiger partial charge in [0.25, 0.3) is 11.8 Å². The van der Waals surface area contributed by atoms with Crippen LogP contribution in [0.3, 0.4) is 0 Å². The van der Waals surface area contributed by atoms with Gasteiger partial charge in [0, 0.05) is 11.2 Å². The molecule has 0 aliphatic carbocycles. The van der Waals surface area contributed by atoms with E-state index < -0.39 is 17.5 Å². The predicted octanol–water partition coefficient (Wildman–Crippen LogP) is 4.14. The van der Waals surface area contributed by atoms with Crippen LogP contribution in [-0.4, -0.2) is 37.6 Å². The maximum Gasteiger partial charge on any atom is 0.251 e. The van der Waals surface area contributed by atoms with Crippen LogP contribution in [0.15, 0.2) is 57.6 Å². The van der Waals surface area contributed by atoms with Gasteiger partial charge in [-0.25, -0.2) is 0 Å². The molecule has 3 aromatic heterocycles. The second-order valence-corrected chi connectivity index (χ2v) is 9.69. The van der Waals surface area contributed by atoms with E-state index in [4.69, 9.17) is 8.83 Å². The number of nitrogens with one attached hydrogen (secondary N) is 1. The van der Waals surface area contributed by atoms with Crippen molar-refractivity contribution in [2.75, 3.05) is 4.90 Å². The molecule has 4 aromatic rings. The third-order valence-electron chi connectivity index (χ3n) is 5.61. The molecule has 0 unspecified atom stereocenters. The molecule has 1 atom stereocenters. The zero-order valence-electron chi connectivity index (χ0n) is 21.3. The molecule has 0 fully saturated rings. The minimum atomic E-state index is -1.05. The minimum absolute atomic E-state index is 0.250. The van der Waals surface area contributed by atoms with E-state index in [0.717, 1.165) is 11.1 Å². The van der Waals surface area contributed by atoms with E-state index in [9.17, 15) is 9.59 Å². The van der Waals surface area contributed by atoms with Crippen LogP contribution in [0.1, 0.15) is 49.5 Å². The molecule has 1 N–H and O–H groups in total. The van der Waals surface area contributed by atoms with E-state index in [1.54, 1.807) is 24.3 Å². The smallest absolute Gasteiger partial charge is 0.251 e. The second-order valence-electron chi connectivity index (χ2n) is 9.69. The monoisotopic (exact) mass is 490 g/mol. The summed E-state index contributed by atoms with van der Waals surface area (Å²) in [5, 5.41) is 15.3. The highest BCUT2D eigenvalue weighted by molar-refractivity contribution is 6.01.